The fraction of sp³-hybridized carbons (Fsp3) is 0.391. The molecular formula is C23H28N6O2. The van der Waals surface area contributed by atoms with E-state index in [0.717, 1.165) is 30.8 Å². The van der Waals surface area contributed by atoms with Gasteiger partial charge < -0.3 is 15.0 Å². The van der Waals surface area contributed by atoms with Gasteiger partial charge in [0, 0.05) is 13.1 Å². The van der Waals surface area contributed by atoms with Gasteiger partial charge in [-0.25, -0.2) is 4.98 Å². The highest BCUT2D eigenvalue weighted by Gasteiger charge is 2.33. The number of anilines is 1. The highest BCUT2D eigenvalue weighted by molar-refractivity contribution is 5.98. The van der Waals surface area contributed by atoms with Crippen molar-refractivity contribution in [3.63, 3.8) is 0 Å². The molecule has 1 aliphatic rings. The number of hydrogen-bond donors (Lipinski definition) is 1. The number of hydrogen-bond acceptors (Lipinski definition) is 6. The summed E-state index contributed by atoms with van der Waals surface area (Å²) in [6.07, 6.45) is 7.00. The van der Waals surface area contributed by atoms with Crippen LogP contribution in [-0.2, 0) is 0 Å². The Morgan fingerprint density at radius 3 is 2.74 bits per heavy atom. The van der Waals surface area contributed by atoms with Gasteiger partial charge >= 0.3 is 0 Å². The summed E-state index contributed by atoms with van der Waals surface area (Å²) in [6, 6.07) is 9.63. The first kappa shape index (κ1) is 20.8. The number of carbonyl (C=O) groups is 1. The molecule has 0 bridgehead atoms. The normalized spacial score (nSPS) is 18.6. The molecule has 0 spiro atoms. The van der Waals surface area contributed by atoms with E-state index in [9.17, 15) is 4.79 Å². The minimum absolute atomic E-state index is 0.0111. The third-order valence-corrected chi connectivity index (χ3v) is 5.86. The number of rotatable bonds is 6. The van der Waals surface area contributed by atoms with Crippen molar-refractivity contribution in [1.29, 1.82) is 0 Å². The number of methoxy groups -OCH3 is 1. The van der Waals surface area contributed by atoms with Gasteiger partial charge in [-0.2, -0.15) is 15.0 Å². The van der Waals surface area contributed by atoms with Crippen molar-refractivity contribution in [3.8, 4) is 11.4 Å². The predicted molar refractivity (Wildman–Crippen MR) is 119 cm³/mol. The van der Waals surface area contributed by atoms with Crippen LogP contribution >= 0.6 is 0 Å². The van der Waals surface area contributed by atoms with Gasteiger partial charge in [-0.05, 0) is 49.9 Å². The molecular weight excluding hydrogens is 392 g/mol. The summed E-state index contributed by atoms with van der Waals surface area (Å²) in [5, 5.41) is 11.9. The summed E-state index contributed by atoms with van der Waals surface area (Å²) in [4.78, 5) is 21.6. The van der Waals surface area contributed by atoms with Gasteiger partial charge in [-0.15, -0.1) is 0 Å². The third-order valence-electron chi connectivity index (χ3n) is 5.86. The van der Waals surface area contributed by atoms with E-state index in [0.29, 0.717) is 29.5 Å². The summed E-state index contributed by atoms with van der Waals surface area (Å²) < 4.78 is 5.17. The van der Waals surface area contributed by atoms with Crippen LogP contribution in [0.15, 0.2) is 48.9 Å². The number of nitrogens with zero attached hydrogens (tertiary/aromatic N) is 5. The molecule has 3 aromatic rings. The van der Waals surface area contributed by atoms with E-state index >= 15 is 0 Å². The van der Waals surface area contributed by atoms with E-state index < -0.39 is 0 Å². The largest absolute Gasteiger partial charge is 0.495 e. The van der Waals surface area contributed by atoms with Crippen molar-refractivity contribution >= 4 is 11.7 Å². The molecule has 0 radical (unpaired) electrons. The second-order valence-electron chi connectivity index (χ2n) is 7.99. The lowest BCUT2D eigenvalue weighted by atomic mass is 9.89. The first-order valence-corrected chi connectivity index (χ1v) is 10.6. The average Bonchev–Trinajstić information content (AvgIpc) is 3.32. The Hall–Kier alpha value is -3.42. The van der Waals surface area contributed by atoms with Crippen LogP contribution in [0.1, 0.15) is 35.7 Å². The number of piperidine rings is 1. The second-order valence-corrected chi connectivity index (χ2v) is 7.99. The molecule has 1 fully saturated rings. The van der Waals surface area contributed by atoms with Crippen LogP contribution in [0.5, 0.6) is 5.75 Å². The molecule has 1 aromatic carbocycles. The molecule has 2 unspecified atom stereocenters. The van der Waals surface area contributed by atoms with Crippen LogP contribution in [0.4, 0.5) is 5.82 Å². The number of amides is 1. The number of aromatic nitrogens is 4. The molecule has 2 aromatic heterocycles. The van der Waals surface area contributed by atoms with Crippen LogP contribution in [0, 0.1) is 12.8 Å². The maximum absolute atomic E-state index is 13.7. The second kappa shape index (κ2) is 9.16. The summed E-state index contributed by atoms with van der Waals surface area (Å²) in [5.41, 5.74) is 2.35. The van der Waals surface area contributed by atoms with Gasteiger partial charge in [-0.1, -0.05) is 18.6 Å². The summed E-state index contributed by atoms with van der Waals surface area (Å²) in [6.45, 7) is 5.56. The Morgan fingerprint density at radius 1 is 1.23 bits per heavy atom. The average molecular weight is 421 g/mol. The Balaban J connectivity index is 1.57. The monoisotopic (exact) mass is 420 g/mol. The van der Waals surface area contributed by atoms with Crippen LogP contribution in [0.3, 0.4) is 0 Å². The van der Waals surface area contributed by atoms with Crippen LogP contribution in [0.2, 0.25) is 0 Å². The molecule has 0 saturated carbocycles. The molecule has 1 N–H and O–H groups in total. The SMILES string of the molecule is COc1ccc(NCC2C(C)CCCN2C(=O)c2cc(C)ccc2-n2nccn2)nc1. The lowest BCUT2D eigenvalue weighted by Crippen LogP contribution is -2.51. The number of carbonyl (C=O) groups excluding carboxylic acids is 1. The summed E-state index contributed by atoms with van der Waals surface area (Å²) in [5.74, 6) is 1.87. The van der Waals surface area contributed by atoms with Crippen LogP contribution < -0.4 is 10.1 Å². The fourth-order valence-corrected chi connectivity index (χ4v) is 4.12. The number of aryl methyl sites for hydroxylation is 1. The minimum atomic E-state index is 0.0111. The molecule has 4 rings (SSSR count). The molecule has 8 nitrogen and oxygen atoms in total. The molecule has 8 heteroatoms. The Bertz CT molecular complexity index is 1020. The van der Waals surface area contributed by atoms with E-state index in [1.54, 1.807) is 25.7 Å². The van der Waals surface area contributed by atoms with Gasteiger partial charge in [0.15, 0.2) is 0 Å². The molecule has 3 heterocycles. The highest BCUT2D eigenvalue weighted by Crippen LogP contribution is 2.27. The molecule has 162 valence electrons. The number of benzene rings is 1. The van der Waals surface area contributed by atoms with Crippen molar-refractivity contribution in [1.82, 2.24) is 24.9 Å². The Kier molecular flexibility index (Phi) is 6.16. The summed E-state index contributed by atoms with van der Waals surface area (Å²) in [7, 11) is 1.62. The maximum Gasteiger partial charge on any atom is 0.256 e. The predicted octanol–water partition coefficient (Wildman–Crippen LogP) is 3.33. The number of pyridine rings is 1. The maximum atomic E-state index is 13.7. The number of likely N-dealkylation sites (tertiary alicyclic amines) is 1. The topological polar surface area (TPSA) is 85.2 Å². The molecule has 1 amide bonds. The number of nitrogens with one attached hydrogen (secondary N) is 1. The molecule has 1 aliphatic heterocycles. The Morgan fingerprint density at radius 2 is 2.03 bits per heavy atom. The molecule has 31 heavy (non-hydrogen) atoms. The lowest BCUT2D eigenvalue weighted by Gasteiger charge is -2.40. The van der Waals surface area contributed by atoms with Crippen LogP contribution in [-0.4, -0.2) is 57.0 Å². The third kappa shape index (κ3) is 4.52. The fourth-order valence-electron chi connectivity index (χ4n) is 4.12. The zero-order valence-electron chi connectivity index (χ0n) is 18.2. The quantitative estimate of drug-likeness (QED) is 0.658. The first-order valence-electron chi connectivity index (χ1n) is 10.6. The van der Waals surface area contributed by atoms with Crippen molar-refractivity contribution in [3.05, 3.63) is 60.0 Å². The molecule has 1 saturated heterocycles. The van der Waals surface area contributed by atoms with E-state index in [1.807, 2.05) is 42.2 Å². The smallest absolute Gasteiger partial charge is 0.256 e. The Labute approximate surface area is 182 Å². The van der Waals surface area contributed by atoms with Gasteiger partial charge in [0.2, 0.25) is 0 Å². The highest BCUT2D eigenvalue weighted by atomic mass is 16.5. The lowest BCUT2D eigenvalue weighted by molar-refractivity contribution is 0.0539. The van der Waals surface area contributed by atoms with Gasteiger partial charge in [0.1, 0.15) is 11.6 Å². The van der Waals surface area contributed by atoms with E-state index in [1.165, 1.54) is 4.80 Å². The van der Waals surface area contributed by atoms with Gasteiger partial charge in [-0.3, -0.25) is 4.79 Å². The molecule has 0 aliphatic carbocycles. The van der Waals surface area contributed by atoms with Crippen molar-refractivity contribution in [2.75, 3.05) is 25.5 Å². The van der Waals surface area contributed by atoms with Crippen LogP contribution in [0.25, 0.3) is 5.69 Å². The standard InChI is InChI=1S/C23H28N6O2/c1-16-6-8-20(29-26-10-11-27-29)19(13-16)23(30)28-12-4-5-17(2)21(28)15-25-22-9-7-18(31-3)14-24-22/h6-11,13-14,17,21H,4-5,12,15H2,1-3H3,(H,24,25). The first-order chi connectivity index (χ1) is 15.1. The van der Waals surface area contributed by atoms with Gasteiger partial charge in [0.25, 0.3) is 5.91 Å². The van der Waals surface area contributed by atoms with E-state index in [2.05, 4.69) is 27.4 Å². The van der Waals surface area contributed by atoms with Crippen molar-refractivity contribution in [2.24, 2.45) is 5.92 Å². The zero-order chi connectivity index (χ0) is 21.8. The number of ether oxygens (including phenoxy) is 1. The molecule has 2 atom stereocenters. The van der Waals surface area contributed by atoms with Gasteiger partial charge in [0.05, 0.1) is 43.0 Å². The minimum Gasteiger partial charge on any atom is -0.495 e. The summed E-state index contributed by atoms with van der Waals surface area (Å²) >= 11 is 0. The van der Waals surface area contributed by atoms with Crippen molar-refractivity contribution in [2.45, 2.75) is 32.7 Å². The van der Waals surface area contributed by atoms with E-state index in [-0.39, 0.29) is 11.9 Å². The van der Waals surface area contributed by atoms with Crippen molar-refractivity contribution < 1.29 is 9.53 Å². The van der Waals surface area contributed by atoms with E-state index in [4.69, 9.17) is 4.74 Å². The zero-order valence-corrected chi connectivity index (χ0v) is 18.2.